The molecular formula is C60H39NO. The summed E-state index contributed by atoms with van der Waals surface area (Å²) >= 11 is 0. The molecule has 0 amide bonds. The van der Waals surface area contributed by atoms with E-state index in [1.54, 1.807) is 0 Å². The Morgan fingerprint density at radius 1 is 0.290 bits per heavy atom. The fourth-order valence-electron chi connectivity index (χ4n) is 9.64. The van der Waals surface area contributed by atoms with E-state index in [9.17, 15) is 0 Å². The van der Waals surface area contributed by atoms with Gasteiger partial charge in [-0.15, -0.1) is 0 Å². The smallest absolute Gasteiger partial charge is 0.137 e. The van der Waals surface area contributed by atoms with Crippen molar-refractivity contribution < 1.29 is 4.42 Å². The molecule has 290 valence electrons. The predicted octanol–water partition coefficient (Wildman–Crippen LogP) is 17.2. The highest BCUT2D eigenvalue weighted by atomic mass is 16.3. The summed E-state index contributed by atoms with van der Waals surface area (Å²) in [5.74, 6) is 0. The van der Waals surface area contributed by atoms with Gasteiger partial charge in [0.1, 0.15) is 11.2 Å². The number of anilines is 3. The molecule has 0 bridgehead atoms. The van der Waals surface area contributed by atoms with Gasteiger partial charge < -0.3 is 9.32 Å². The van der Waals surface area contributed by atoms with Crippen molar-refractivity contribution in [2.24, 2.45) is 0 Å². The number of fused-ring (bicyclic) bond motifs is 7. The minimum absolute atomic E-state index is 0.864. The number of hydrogen-bond acceptors (Lipinski definition) is 2. The van der Waals surface area contributed by atoms with Crippen molar-refractivity contribution in [2.75, 3.05) is 4.90 Å². The second kappa shape index (κ2) is 14.8. The predicted molar refractivity (Wildman–Crippen MR) is 263 cm³/mol. The molecule has 0 N–H and O–H groups in total. The van der Waals surface area contributed by atoms with Crippen molar-refractivity contribution in [2.45, 2.75) is 0 Å². The van der Waals surface area contributed by atoms with E-state index in [0.29, 0.717) is 0 Å². The molecule has 1 aromatic heterocycles. The molecule has 12 rings (SSSR count). The van der Waals surface area contributed by atoms with Gasteiger partial charge in [0.15, 0.2) is 0 Å². The van der Waals surface area contributed by atoms with Crippen LogP contribution in [0.2, 0.25) is 0 Å². The quantitative estimate of drug-likeness (QED) is 0.150. The summed E-state index contributed by atoms with van der Waals surface area (Å²) in [5, 5.41) is 9.65. The van der Waals surface area contributed by atoms with E-state index in [2.05, 4.69) is 235 Å². The van der Waals surface area contributed by atoms with Crippen molar-refractivity contribution in [3.63, 3.8) is 0 Å². The van der Waals surface area contributed by atoms with Crippen LogP contribution in [-0.4, -0.2) is 0 Å². The maximum Gasteiger partial charge on any atom is 0.137 e. The van der Waals surface area contributed by atoms with Crippen LogP contribution in [0.5, 0.6) is 0 Å². The molecule has 11 aromatic carbocycles. The Morgan fingerprint density at radius 3 is 1.65 bits per heavy atom. The van der Waals surface area contributed by atoms with Gasteiger partial charge >= 0.3 is 0 Å². The fraction of sp³-hybridized carbons (Fsp3) is 0. The van der Waals surface area contributed by atoms with Gasteiger partial charge in [0, 0.05) is 16.8 Å². The first-order valence-corrected chi connectivity index (χ1v) is 21.3. The highest BCUT2D eigenvalue weighted by molar-refractivity contribution is 6.22. The second-order valence-electron chi connectivity index (χ2n) is 16.0. The molecule has 0 saturated heterocycles. The number of para-hydroxylation sites is 1. The van der Waals surface area contributed by atoms with Gasteiger partial charge in [-0.05, 0) is 125 Å². The fourth-order valence-corrected chi connectivity index (χ4v) is 9.64. The van der Waals surface area contributed by atoms with E-state index in [1.807, 2.05) is 6.07 Å². The van der Waals surface area contributed by atoms with E-state index in [1.165, 1.54) is 65.7 Å². The summed E-state index contributed by atoms with van der Waals surface area (Å²) in [5.41, 5.74) is 14.6. The number of hydrogen-bond donors (Lipinski definition) is 0. The van der Waals surface area contributed by atoms with E-state index in [4.69, 9.17) is 4.42 Å². The SMILES string of the molecule is c1ccc(-c2c(-c3ccccc3)c3cc(-c4ccc(N(c5cccc(-c6cccc7ccccc67)c5)c5cccc6oc7ccccc7c56)cc4)ccc3c3ccccc23)cc1. The molecular weight excluding hydrogens is 751 g/mol. The maximum atomic E-state index is 6.45. The molecule has 0 atom stereocenters. The van der Waals surface area contributed by atoms with Crippen LogP contribution in [0.4, 0.5) is 17.1 Å². The lowest BCUT2D eigenvalue weighted by Gasteiger charge is -2.27. The first-order chi connectivity index (χ1) is 30.8. The van der Waals surface area contributed by atoms with E-state index < -0.39 is 0 Å². The van der Waals surface area contributed by atoms with Gasteiger partial charge in [-0.1, -0.05) is 188 Å². The van der Waals surface area contributed by atoms with E-state index in [0.717, 1.165) is 50.1 Å². The Labute approximate surface area is 360 Å². The van der Waals surface area contributed by atoms with Crippen molar-refractivity contribution in [1.82, 2.24) is 0 Å². The molecule has 0 aliphatic carbocycles. The normalized spacial score (nSPS) is 11.5. The summed E-state index contributed by atoms with van der Waals surface area (Å²) in [4.78, 5) is 2.38. The molecule has 0 aliphatic heterocycles. The van der Waals surface area contributed by atoms with Crippen molar-refractivity contribution in [3.05, 3.63) is 237 Å². The third kappa shape index (κ3) is 5.96. The van der Waals surface area contributed by atoms with Gasteiger partial charge in [0.05, 0.1) is 11.1 Å². The van der Waals surface area contributed by atoms with E-state index in [-0.39, 0.29) is 0 Å². The van der Waals surface area contributed by atoms with Crippen molar-refractivity contribution in [3.8, 4) is 44.5 Å². The molecule has 12 aromatic rings. The van der Waals surface area contributed by atoms with Crippen LogP contribution in [0.3, 0.4) is 0 Å². The molecule has 2 heteroatoms. The number of benzene rings is 11. The Balaban J connectivity index is 1.04. The van der Waals surface area contributed by atoms with Crippen molar-refractivity contribution in [1.29, 1.82) is 0 Å². The zero-order valence-electron chi connectivity index (χ0n) is 33.9. The summed E-state index contributed by atoms with van der Waals surface area (Å²) in [6.07, 6.45) is 0. The Kier molecular flexibility index (Phi) is 8.53. The van der Waals surface area contributed by atoms with Gasteiger partial charge in [-0.25, -0.2) is 0 Å². The van der Waals surface area contributed by atoms with Crippen LogP contribution in [-0.2, 0) is 0 Å². The summed E-state index contributed by atoms with van der Waals surface area (Å²) in [6, 6.07) is 85.5. The number of nitrogens with zero attached hydrogens (tertiary/aromatic N) is 1. The number of rotatable bonds is 7. The largest absolute Gasteiger partial charge is 0.456 e. The molecule has 0 spiro atoms. The van der Waals surface area contributed by atoms with Crippen LogP contribution < -0.4 is 4.90 Å². The summed E-state index contributed by atoms with van der Waals surface area (Å²) in [7, 11) is 0. The van der Waals surface area contributed by atoms with Crippen LogP contribution in [0, 0.1) is 0 Å². The van der Waals surface area contributed by atoms with Crippen LogP contribution >= 0.6 is 0 Å². The highest BCUT2D eigenvalue weighted by Gasteiger charge is 2.21. The lowest BCUT2D eigenvalue weighted by atomic mass is 9.84. The van der Waals surface area contributed by atoms with Crippen LogP contribution in [0.1, 0.15) is 0 Å². The van der Waals surface area contributed by atoms with Gasteiger partial charge in [0.2, 0.25) is 0 Å². The lowest BCUT2D eigenvalue weighted by Crippen LogP contribution is -2.10. The van der Waals surface area contributed by atoms with Crippen molar-refractivity contribution >= 4 is 71.3 Å². The molecule has 0 aliphatic rings. The third-order valence-corrected chi connectivity index (χ3v) is 12.4. The average molecular weight is 790 g/mol. The highest BCUT2D eigenvalue weighted by Crippen LogP contribution is 2.47. The lowest BCUT2D eigenvalue weighted by molar-refractivity contribution is 0.669. The minimum atomic E-state index is 0.864. The molecule has 2 nitrogen and oxygen atoms in total. The Hall–Kier alpha value is -8.20. The third-order valence-electron chi connectivity index (χ3n) is 12.4. The Bertz CT molecular complexity index is 3620. The monoisotopic (exact) mass is 789 g/mol. The molecule has 0 unspecified atom stereocenters. The minimum Gasteiger partial charge on any atom is -0.456 e. The summed E-state index contributed by atoms with van der Waals surface area (Å²) in [6.45, 7) is 0. The molecule has 0 radical (unpaired) electrons. The van der Waals surface area contributed by atoms with Crippen LogP contribution in [0.15, 0.2) is 241 Å². The molecule has 0 fully saturated rings. The standard InChI is InChI=1S/C60H39NO/c1-3-17-42(18-4-1)58-52-26-10-9-25-50(52)51-37-34-44(39-54(51)59(58)43-19-5-2-6-20-43)40-32-35-46(36-33-40)61(55-29-15-31-57-60(55)53-27-11-12-30-56(53)62-57)47-23-13-22-45(38-47)49-28-14-21-41-16-7-8-24-48(41)49/h1-39H. The molecule has 1 heterocycles. The molecule has 0 saturated carbocycles. The summed E-state index contributed by atoms with van der Waals surface area (Å²) < 4.78 is 6.45. The zero-order chi connectivity index (χ0) is 41.0. The first kappa shape index (κ1) is 35.7. The van der Waals surface area contributed by atoms with Crippen LogP contribution in [0.25, 0.3) is 98.8 Å². The second-order valence-corrected chi connectivity index (χ2v) is 16.0. The topological polar surface area (TPSA) is 16.4 Å². The first-order valence-electron chi connectivity index (χ1n) is 21.3. The van der Waals surface area contributed by atoms with Gasteiger partial charge in [-0.2, -0.15) is 0 Å². The van der Waals surface area contributed by atoms with Gasteiger partial charge in [0.25, 0.3) is 0 Å². The van der Waals surface area contributed by atoms with E-state index >= 15 is 0 Å². The molecule has 62 heavy (non-hydrogen) atoms. The average Bonchev–Trinajstić information content (AvgIpc) is 3.74. The number of furan rings is 1. The van der Waals surface area contributed by atoms with Gasteiger partial charge in [-0.3, -0.25) is 0 Å². The maximum absolute atomic E-state index is 6.45. The zero-order valence-corrected chi connectivity index (χ0v) is 33.9. The Morgan fingerprint density at radius 2 is 0.855 bits per heavy atom.